The second-order valence-corrected chi connectivity index (χ2v) is 9.17. The number of rotatable bonds is 3. The molecule has 3 rings (SSSR count). The number of allylic oxidation sites excluding steroid dienone is 8. The predicted octanol–water partition coefficient (Wildman–Crippen LogP) is 4.32. The number of hydrogen-bond acceptors (Lipinski definition) is 0. The van der Waals surface area contributed by atoms with Gasteiger partial charge in [0.15, 0.2) is 0 Å². The first kappa shape index (κ1) is 14.5. The zero-order valence-corrected chi connectivity index (χ0v) is 12.4. The molecule has 107 valence electrons. The predicted molar refractivity (Wildman–Crippen MR) is 70.0 cm³/mol. The SMILES string of the molecule is Fc1cc(F)c(F)[c]([Ti]([CH]2C=CC=C2)[CH]2C=CC=C2)c1F. The fraction of sp³-hybridized carbons (Fsp3) is 0.125. The van der Waals surface area contributed by atoms with Crippen molar-refractivity contribution in [2.75, 3.05) is 0 Å². The van der Waals surface area contributed by atoms with Gasteiger partial charge < -0.3 is 0 Å². The molecule has 0 aliphatic heterocycles. The van der Waals surface area contributed by atoms with Crippen molar-refractivity contribution < 1.29 is 35.4 Å². The van der Waals surface area contributed by atoms with Gasteiger partial charge in [0, 0.05) is 0 Å². The van der Waals surface area contributed by atoms with Gasteiger partial charge in [-0.15, -0.1) is 0 Å². The van der Waals surface area contributed by atoms with Crippen LogP contribution in [0.1, 0.15) is 0 Å². The Morgan fingerprint density at radius 1 is 0.667 bits per heavy atom. The normalized spacial score (nSPS) is 17.3. The van der Waals surface area contributed by atoms with Crippen molar-refractivity contribution in [1.82, 2.24) is 0 Å². The van der Waals surface area contributed by atoms with E-state index in [0.29, 0.717) is 0 Å². The summed E-state index contributed by atoms with van der Waals surface area (Å²) in [6.45, 7) is 0. The van der Waals surface area contributed by atoms with Gasteiger partial charge in [-0.3, -0.25) is 0 Å². The van der Waals surface area contributed by atoms with E-state index >= 15 is 0 Å². The zero-order valence-electron chi connectivity index (χ0n) is 10.9. The van der Waals surface area contributed by atoms with Gasteiger partial charge >= 0.3 is 126 Å². The van der Waals surface area contributed by atoms with E-state index in [1.54, 1.807) is 24.3 Å². The van der Waals surface area contributed by atoms with Crippen LogP contribution in [0.5, 0.6) is 0 Å². The number of hydrogen-bond donors (Lipinski definition) is 0. The monoisotopic (exact) mass is 327 g/mol. The van der Waals surface area contributed by atoms with Crippen molar-refractivity contribution in [2.45, 2.75) is 8.45 Å². The quantitative estimate of drug-likeness (QED) is 0.441. The van der Waals surface area contributed by atoms with E-state index < -0.39 is 41.1 Å². The molecule has 2 aliphatic rings. The van der Waals surface area contributed by atoms with Gasteiger partial charge in [0.1, 0.15) is 0 Å². The molecule has 0 heterocycles. The average Bonchev–Trinajstić information content (AvgIpc) is 3.14. The Hall–Kier alpha value is -1.39. The van der Waals surface area contributed by atoms with E-state index in [0.717, 1.165) is 0 Å². The standard InChI is InChI=1S/C6HF4.2C5H5.Ti/c7-3-1-4(8)6(10)2-5(3)9;2*1-2-4-5-3-1;/h1H;2*1-5H;. The first-order chi connectivity index (χ1) is 10.1. The summed E-state index contributed by atoms with van der Waals surface area (Å²) in [5, 5.41) is 0. The van der Waals surface area contributed by atoms with Gasteiger partial charge in [-0.2, -0.15) is 0 Å². The molecular formula is C16H11F4Ti. The van der Waals surface area contributed by atoms with Gasteiger partial charge in [0.25, 0.3) is 0 Å². The third kappa shape index (κ3) is 2.58. The van der Waals surface area contributed by atoms with Gasteiger partial charge in [-0.05, 0) is 0 Å². The van der Waals surface area contributed by atoms with Crippen molar-refractivity contribution in [3.05, 3.63) is 77.9 Å². The van der Waals surface area contributed by atoms with Crippen molar-refractivity contribution in [2.24, 2.45) is 0 Å². The van der Waals surface area contributed by atoms with Gasteiger partial charge in [0.2, 0.25) is 0 Å². The fourth-order valence-corrected chi connectivity index (χ4v) is 7.55. The van der Waals surface area contributed by atoms with E-state index in [1.807, 2.05) is 24.3 Å². The average molecular weight is 327 g/mol. The third-order valence-electron chi connectivity index (χ3n) is 3.61. The molecular weight excluding hydrogens is 316 g/mol. The second-order valence-electron chi connectivity index (χ2n) is 4.89. The van der Waals surface area contributed by atoms with Crippen LogP contribution in [0.4, 0.5) is 17.6 Å². The summed E-state index contributed by atoms with van der Waals surface area (Å²) in [6.07, 6.45) is 14.6. The topological polar surface area (TPSA) is 0 Å². The maximum absolute atomic E-state index is 14.2. The van der Waals surface area contributed by atoms with Crippen LogP contribution < -0.4 is 3.87 Å². The van der Waals surface area contributed by atoms with E-state index in [1.165, 1.54) is 0 Å². The van der Waals surface area contributed by atoms with E-state index in [2.05, 4.69) is 0 Å². The van der Waals surface area contributed by atoms with Crippen LogP contribution in [0.25, 0.3) is 0 Å². The minimum atomic E-state index is -2.75. The minimum absolute atomic E-state index is 0.146. The summed E-state index contributed by atoms with van der Waals surface area (Å²) < 4.78 is 54.7. The van der Waals surface area contributed by atoms with Gasteiger partial charge in [0.05, 0.1) is 0 Å². The van der Waals surface area contributed by atoms with E-state index in [-0.39, 0.29) is 18.4 Å². The Kier molecular flexibility index (Phi) is 4.00. The first-order valence-electron chi connectivity index (χ1n) is 6.49. The Labute approximate surface area is 126 Å². The molecule has 0 saturated heterocycles. The molecule has 1 aromatic rings. The molecule has 0 unspecified atom stereocenters. The van der Waals surface area contributed by atoms with Crippen molar-refractivity contribution in [3.63, 3.8) is 0 Å². The Bertz CT molecular complexity index is 610. The Balaban J connectivity index is 2.17. The molecule has 2 aliphatic carbocycles. The zero-order chi connectivity index (χ0) is 15.0. The molecule has 0 bridgehead atoms. The van der Waals surface area contributed by atoms with E-state index in [9.17, 15) is 17.6 Å². The van der Waals surface area contributed by atoms with Crippen LogP contribution >= 0.6 is 0 Å². The summed E-state index contributed by atoms with van der Waals surface area (Å²) >= 11 is -2.75. The molecule has 0 saturated carbocycles. The third-order valence-corrected chi connectivity index (χ3v) is 8.65. The van der Waals surface area contributed by atoms with E-state index in [4.69, 9.17) is 0 Å². The molecule has 0 amide bonds. The molecule has 0 atom stereocenters. The molecule has 0 nitrogen and oxygen atoms in total. The molecule has 1 aromatic carbocycles. The van der Waals surface area contributed by atoms with Crippen molar-refractivity contribution >= 4 is 3.87 Å². The summed E-state index contributed by atoms with van der Waals surface area (Å²) in [4.78, 5) is 0. The molecule has 0 N–H and O–H groups in total. The summed E-state index contributed by atoms with van der Waals surface area (Å²) in [6, 6.07) is 0.269. The molecule has 0 spiro atoms. The Morgan fingerprint density at radius 3 is 1.43 bits per heavy atom. The summed E-state index contributed by atoms with van der Waals surface area (Å²) in [5.74, 6) is -5.14. The van der Waals surface area contributed by atoms with Crippen LogP contribution in [0.2, 0.25) is 8.45 Å². The molecule has 21 heavy (non-hydrogen) atoms. The summed E-state index contributed by atoms with van der Waals surface area (Å²) in [5.41, 5.74) is 0. The molecule has 0 aromatic heterocycles. The maximum atomic E-state index is 14.2. The number of halogens is 4. The van der Waals surface area contributed by atoms with Crippen LogP contribution in [0.3, 0.4) is 0 Å². The summed E-state index contributed by atoms with van der Waals surface area (Å²) in [7, 11) is 0. The van der Waals surface area contributed by atoms with Gasteiger partial charge in [-0.25, -0.2) is 0 Å². The van der Waals surface area contributed by atoms with Crippen LogP contribution in [-0.4, -0.2) is 0 Å². The van der Waals surface area contributed by atoms with Crippen molar-refractivity contribution in [3.8, 4) is 0 Å². The fourth-order valence-electron chi connectivity index (χ4n) is 2.66. The molecule has 0 fully saturated rings. The van der Waals surface area contributed by atoms with Crippen LogP contribution in [0, 0.1) is 23.3 Å². The molecule has 5 heteroatoms. The van der Waals surface area contributed by atoms with Crippen LogP contribution in [0.15, 0.2) is 54.7 Å². The van der Waals surface area contributed by atoms with Crippen molar-refractivity contribution in [1.29, 1.82) is 0 Å². The second kappa shape index (κ2) is 5.78. The Morgan fingerprint density at radius 2 is 1.05 bits per heavy atom. The first-order valence-corrected chi connectivity index (χ1v) is 9.08. The van der Waals surface area contributed by atoms with Gasteiger partial charge in [-0.1, -0.05) is 0 Å². The van der Waals surface area contributed by atoms with Crippen LogP contribution in [-0.2, 0) is 17.9 Å². The molecule has 0 radical (unpaired) electrons. The number of benzene rings is 1.